The molecule has 0 radical (unpaired) electrons. The van der Waals surface area contributed by atoms with Gasteiger partial charge in [-0.2, -0.15) is 0 Å². The smallest absolute Gasteiger partial charge is 0.158 e. The van der Waals surface area contributed by atoms with E-state index in [1.54, 1.807) is 0 Å². The van der Waals surface area contributed by atoms with Crippen LogP contribution >= 0.6 is 0 Å². The number of ketones is 1. The third-order valence-corrected chi connectivity index (χ3v) is 2.65. The van der Waals surface area contributed by atoms with Crippen LogP contribution in [0.2, 0.25) is 0 Å². The van der Waals surface area contributed by atoms with Crippen molar-refractivity contribution in [3.8, 4) is 0 Å². The minimum Gasteiger partial charge on any atom is -0.326 e. The third-order valence-electron chi connectivity index (χ3n) is 2.65. The molecule has 1 aliphatic rings. The van der Waals surface area contributed by atoms with Gasteiger partial charge in [0.2, 0.25) is 0 Å². The number of Topliss-reactive ketones (excluding diaryl/α,β-unsaturated/α-hetero) is 1. The fourth-order valence-electron chi connectivity index (χ4n) is 1.69. The highest BCUT2D eigenvalue weighted by Gasteiger charge is 2.16. The lowest BCUT2D eigenvalue weighted by molar-refractivity contribution is -0.116. The summed E-state index contributed by atoms with van der Waals surface area (Å²) < 4.78 is 0. The molecule has 80 valence electrons. The molecule has 0 aromatic heterocycles. The van der Waals surface area contributed by atoms with Crippen LogP contribution in [0.5, 0.6) is 0 Å². The maximum Gasteiger partial charge on any atom is 0.158 e. The van der Waals surface area contributed by atoms with Gasteiger partial charge in [0.1, 0.15) is 0 Å². The molecular weight excluding hydrogens is 174 g/mol. The van der Waals surface area contributed by atoms with Crippen molar-refractivity contribution in [2.45, 2.75) is 57.9 Å². The normalized spacial score (nSPS) is 17.8. The zero-order valence-corrected chi connectivity index (χ0v) is 9.31. The van der Waals surface area contributed by atoms with Gasteiger partial charge in [0, 0.05) is 12.0 Å². The van der Waals surface area contributed by atoms with Gasteiger partial charge in [-0.05, 0) is 51.5 Å². The molecule has 2 N–H and O–H groups in total. The van der Waals surface area contributed by atoms with Gasteiger partial charge in [-0.15, -0.1) is 0 Å². The molecule has 14 heavy (non-hydrogen) atoms. The standard InChI is InChI=1S/C12H21NO/c1-12(2,13)9-8-11(14)10-6-4-3-5-7-10/h6H,3-5,7-9,13H2,1-2H3. The number of hydrogen-bond donors (Lipinski definition) is 1. The summed E-state index contributed by atoms with van der Waals surface area (Å²) in [5.74, 6) is 0.309. The van der Waals surface area contributed by atoms with Crippen LogP contribution < -0.4 is 5.73 Å². The van der Waals surface area contributed by atoms with Gasteiger partial charge in [0.05, 0.1) is 0 Å². The summed E-state index contributed by atoms with van der Waals surface area (Å²) in [4.78, 5) is 11.7. The summed E-state index contributed by atoms with van der Waals surface area (Å²) in [5.41, 5.74) is 6.67. The summed E-state index contributed by atoms with van der Waals surface area (Å²) in [6, 6.07) is 0. The van der Waals surface area contributed by atoms with Crippen molar-refractivity contribution >= 4 is 5.78 Å². The zero-order valence-electron chi connectivity index (χ0n) is 9.31. The molecule has 0 atom stereocenters. The van der Waals surface area contributed by atoms with Crippen LogP contribution in [0.4, 0.5) is 0 Å². The molecule has 0 unspecified atom stereocenters. The average Bonchev–Trinajstić information content (AvgIpc) is 2.14. The molecule has 2 nitrogen and oxygen atoms in total. The Morgan fingerprint density at radius 3 is 2.71 bits per heavy atom. The zero-order chi connectivity index (χ0) is 10.6. The summed E-state index contributed by atoms with van der Waals surface area (Å²) in [7, 11) is 0. The van der Waals surface area contributed by atoms with Crippen LogP contribution in [-0.2, 0) is 4.79 Å². The Labute approximate surface area is 86.6 Å². The molecule has 0 saturated carbocycles. The number of allylic oxidation sites excluding steroid dienone is 2. The van der Waals surface area contributed by atoms with Crippen LogP contribution in [0.25, 0.3) is 0 Å². The molecular formula is C12H21NO. The van der Waals surface area contributed by atoms with Crippen molar-refractivity contribution < 1.29 is 4.79 Å². The largest absolute Gasteiger partial charge is 0.326 e. The second kappa shape index (κ2) is 4.74. The highest BCUT2D eigenvalue weighted by Crippen LogP contribution is 2.20. The molecule has 0 heterocycles. The molecule has 1 rings (SSSR count). The number of carbonyl (C=O) groups is 1. The van der Waals surface area contributed by atoms with Gasteiger partial charge >= 0.3 is 0 Å². The molecule has 0 aromatic rings. The topological polar surface area (TPSA) is 43.1 Å². The first-order valence-electron chi connectivity index (χ1n) is 5.50. The highest BCUT2D eigenvalue weighted by atomic mass is 16.1. The van der Waals surface area contributed by atoms with E-state index in [1.807, 2.05) is 13.8 Å². The number of hydrogen-bond acceptors (Lipinski definition) is 2. The van der Waals surface area contributed by atoms with Gasteiger partial charge < -0.3 is 5.73 Å². The minimum atomic E-state index is -0.217. The van der Waals surface area contributed by atoms with E-state index in [9.17, 15) is 4.79 Å². The average molecular weight is 195 g/mol. The number of rotatable bonds is 4. The first-order valence-corrected chi connectivity index (χ1v) is 5.50. The van der Waals surface area contributed by atoms with Gasteiger partial charge in [-0.3, -0.25) is 4.79 Å². The van der Waals surface area contributed by atoms with Crippen molar-refractivity contribution in [1.82, 2.24) is 0 Å². The Morgan fingerprint density at radius 2 is 2.21 bits per heavy atom. The predicted octanol–water partition coefficient (Wildman–Crippen LogP) is 2.57. The number of carbonyl (C=O) groups excluding carboxylic acids is 1. The van der Waals surface area contributed by atoms with Crippen LogP contribution in [0.15, 0.2) is 11.6 Å². The van der Waals surface area contributed by atoms with E-state index in [1.165, 1.54) is 12.8 Å². The Hall–Kier alpha value is -0.630. The van der Waals surface area contributed by atoms with E-state index in [2.05, 4.69) is 6.08 Å². The van der Waals surface area contributed by atoms with Crippen molar-refractivity contribution in [3.05, 3.63) is 11.6 Å². The summed E-state index contributed by atoms with van der Waals surface area (Å²) >= 11 is 0. The quantitative estimate of drug-likeness (QED) is 0.749. The van der Waals surface area contributed by atoms with Crippen LogP contribution in [0.1, 0.15) is 52.4 Å². The second-order valence-corrected chi connectivity index (χ2v) is 4.89. The van der Waals surface area contributed by atoms with Gasteiger partial charge in [0.25, 0.3) is 0 Å². The summed E-state index contributed by atoms with van der Waals surface area (Å²) in [6.07, 6.45) is 7.95. The molecule has 0 bridgehead atoms. The molecule has 0 aliphatic heterocycles. The molecule has 0 amide bonds. The summed E-state index contributed by atoms with van der Waals surface area (Å²) in [5, 5.41) is 0. The predicted molar refractivity (Wildman–Crippen MR) is 59.1 cm³/mol. The fraction of sp³-hybridized carbons (Fsp3) is 0.750. The van der Waals surface area contributed by atoms with Gasteiger partial charge in [0.15, 0.2) is 5.78 Å². The lowest BCUT2D eigenvalue weighted by Gasteiger charge is -2.18. The van der Waals surface area contributed by atoms with Crippen molar-refractivity contribution in [2.75, 3.05) is 0 Å². The molecule has 0 spiro atoms. The van der Waals surface area contributed by atoms with E-state index < -0.39 is 0 Å². The van der Waals surface area contributed by atoms with Crippen LogP contribution in [-0.4, -0.2) is 11.3 Å². The Balaban J connectivity index is 2.38. The maximum absolute atomic E-state index is 11.7. The summed E-state index contributed by atoms with van der Waals surface area (Å²) in [6.45, 7) is 3.94. The molecule has 0 saturated heterocycles. The van der Waals surface area contributed by atoms with Gasteiger partial charge in [-0.25, -0.2) is 0 Å². The van der Waals surface area contributed by atoms with Crippen molar-refractivity contribution in [2.24, 2.45) is 5.73 Å². The van der Waals surface area contributed by atoms with E-state index in [-0.39, 0.29) is 5.54 Å². The van der Waals surface area contributed by atoms with E-state index >= 15 is 0 Å². The fourth-order valence-corrected chi connectivity index (χ4v) is 1.69. The number of nitrogens with two attached hydrogens (primary N) is 1. The SMILES string of the molecule is CC(C)(N)CCC(=O)C1=CCCCC1. The first-order chi connectivity index (χ1) is 6.49. The van der Waals surface area contributed by atoms with Gasteiger partial charge in [-0.1, -0.05) is 6.08 Å². The lowest BCUT2D eigenvalue weighted by Crippen LogP contribution is -2.32. The monoisotopic (exact) mass is 195 g/mol. The Kier molecular flexibility index (Phi) is 3.87. The maximum atomic E-state index is 11.7. The van der Waals surface area contributed by atoms with E-state index in [0.717, 1.165) is 24.8 Å². The first kappa shape index (κ1) is 11.4. The molecule has 0 fully saturated rings. The Morgan fingerprint density at radius 1 is 1.50 bits per heavy atom. The van der Waals surface area contributed by atoms with Crippen molar-refractivity contribution in [1.29, 1.82) is 0 Å². The second-order valence-electron chi connectivity index (χ2n) is 4.89. The van der Waals surface area contributed by atoms with Crippen molar-refractivity contribution in [3.63, 3.8) is 0 Å². The Bertz CT molecular complexity index is 235. The highest BCUT2D eigenvalue weighted by molar-refractivity contribution is 5.95. The molecule has 1 aliphatic carbocycles. The van der Waals surface area contributed by atoms with E-state index in [4.69, 9.17) is 5.73 Å². The van der Waals surface area contributed by atoms with Crippen LogP contribution in [0, 0.1) is 0 Å². The van der Waals surface area contributed by atoms with Crippen LogP contribution in [0.3, 0.4) is 0 Å². The third kappa shape index (κ3) is 4.05. The molecule has 2 heteroatoms. The van der Waals surface area contributed by atoms with E-state index in [0.29, 0.717) is 12.2 Å². The minimum absolute atomic E-state index is 0.217. The molecule has 0 aromatic carbocycles. The lowest BCUT2D eigenvalue weighted by atomic mass is 9.91.